The third-order valence-corrected chi connectivity index (χ3v) is 2.94. The van der Waals surface area contributed by atoms with Crippen LogP contribution in [0.1, 0.15) is 31.2 Å². The van der Waals surface area contributed by atoms with Crippen molar-refractivity contribution in [2.45, 2.75) is 25.6 Å². The highest BCUT2D eigenvalue weighted by molar-refractivity contribution is 6.16. The smallest absolute Gasteiger partial charge is 0.143 e. The quantitative estimate of drug-likeness (QED) is 0.765. The number of benzene rings is 1. The summed E-state index contributed by atoms with van der Waals surface area (Å²) < 4.78 is 0. The minimum Gasteiger partial charge on any atom is -0.240 e. The van der Waals surface area contributed by atoms with Crippen molar-refractivity contribution in [1.82, 2.24) is 9.97 Å². The summed E-state index contributed by atoms with van der Waals surface area (Å²) in [6, 6.07) is 10.4. The molecule has 2 aromatic rings. The fraction of sp³-hybridized carbons (Fsp3) is 0.286. The molecule has 1 aromatic heterocycles. The molecular weight excluding hydrogens is 232 g/mol. The van der Waals surface area contributed by atoms with Gasteiger partial charge in [0.2, 0.25) is 0 Å². The zero-order chi connectivity index (χ0) is 12.3. The van der Waals surface area contributed by atoms with Crippen LogP contribution in [0.5, 0.6) is 0 Å². The Labute approximate surface area is 107 Å². The van der Waals surface area contributed by atoms with Gasteiger partial charge >= 0.3 is 0 Å². The van der Waals surface area contributed by atoms with E-state index in [1.165, 1.54) is 5.56 Å². The molecule has 0 N–H and O–H groups in total. The molecule has 88 valence electrons. The average molecular weight is 247 g/mol. The Morgan fingerprint density at radius 2 is 1.82 bits per heavy atom. The molecule has 0 aliphatic rings. The summed E-state index contributed by atoms with van der Waals surface area (Å²) >= 11 is 5.73. The first-order chi connectivity index (χ1) is 8.20. The SMILES string of the molecule is CC(C)c1ccc(-c2ccnc(CCl)n2)cc1. The number of hydrogen-bond donors (Lipinski definition) is 0. The molecule has 1 aromatic carbocycles. The van der Waals surface area contributed by atoms with Crippen LogP contribution in [0, 0.1) is 0 Å². The Bertz CT molecular complexity index is 492. The molecule has 0 amide bonds. The number of alkyl halides is 1. The lowest BCUT2D eigenvalue weighted by atomic mass is 10.0. The van der Waals surface area contributed by atoms with Crippen molar-refractivity contribution in [2.24, 2.45) is 0 Å². The first-order valence-corrected chi connectivity index (χ1v) is 6.22. The van der Waals surface area contributed by atoms with Crippen molar-refractivity contribution < 1.29 is 0 Å². The molecule has 0 atom stereocenters. The molecule has 0 aliphatic heterocycles. The number of halogens is 1. The van der Waals surface area contributed by atoms with Gasteiger partial charge in [0.15, 0.2) is 0 Å². The first-order valence-electron chi connectivity index (χ1n) is 5.69. The summed E-state index contributed by atoms with van der Waals surface area (Å²) in [5, 5.41) is 0. The Morgan fingerprint density at radius 3 is 2.41 bits per heavy atom. The van der Waals surface area contributed by atoms with Crippen molar-refractivity contribution in [1.29, 1.82) is 0 Å². The fourth-order valence-electron chi connectivity index (χ4n) is 1.66. The highest BCUT2D eigenvalue weighted by atomic mass is 35.5. The normalized spacial score (nSPS) is 10.8. The Hall–Kier alpha value is -1.41. The van der Waals surface area contributed by atoms with Gasteiger partial charge in [-0.2, -0.15) is 0 Å². The highest BCUT2D eigenvalue weighted by Gasteiger charge is 2.03. The van der Waals surface area contributed by atoms with E-state index in [-0.39, 0.29) is 0 Å². The summed E-state index contributed by atoms with van der Waals surface area (Å²) in [5.41, 5.74) is 3.36. The lowest BCUT2D eigenvalue weighted by Crippen LogP contribution is -1.93. The molecular formula is C14H15ClN2. The molecule has 0 unspecified atom stereocenters. The molecule has 0 saturated carbocycles. The summed E-state index contributed by atoms with van der Waals surface area (Å²) in [6.45, 7) is 4.37. The van der Waals surface area contributed by atoms with Crippen LogP contribution in [0.25, 0.3) is 11.3 Å². The summed E-state index contributed by atoms with van der Waals surface area (Å²) in [4.78, 5) is 8.48. The summed E-state index contributed by atoms with van der Waals surface area (Å²) in [6.07, 6.45) is 1.75. The van der Waals surface area contributed by atoms with Crippen LogP contribution < -0.4 is 0 Å². The molecule has 1 heterocycles. The van der Waals surface area contributed by atoms with Gasteiger partial charge < -0.3 is 0 Å². The lowest BCUT2D eigenvalue weighted by molar-refractivity contribution is 0.867. The zero-order valence-corrected chi connectivity index (χ0v) is 10.8. The molecule has 0 radical (unpaired) electrons. The average Bonchev–Trinajstić information content (AvgIpc) is 2.39. The van der Waals surface area contributed by atoms with E-state index in [9.17, 15) is 0 Å². The van der Waals surface area contributed by atoms with Gasteiger partial charge in [-0.05, 0) is 17.5 Å². The Morgan fingerprint density at radius 1 is 1.12 bits per heavy atom. The number of nitrogens with zero attached hydrogens (tertiary/aromatic N) is 2. The van der Waals surface area contributed by atoms with Gasteiger partial charge in [0, 0.05) is 11.8 Å². The largest absolute Gasteiger partial charge is 0.240 e. The van der Waals surface area contributed by atoms with Crippen LogP contribution in [0.4, 0.5) is 0 Å². The maximum Gasteiger partial charge on any atom is 0.143 e. The van der Waals surface area contributed by atoms with Crippen LogP contribution in [0.3, 0.4) is 0 Å². The maximum absolute atomic E-state index is 5.73. The Kier molecular flexibility index (Phi) is 3.75. The first kappa shape index (κ1) is 12.1. The molecule has 3 heteroatoms. The van der Waals surface area contributed by atoms with E-state index in [0.29, 0.717) is 17.6 Å². The van der Waals surface area contributed by atoms with Gasteiger partial charge in [-0.3, -0.25) is 0 Å². The van der Waals surface area contributed by atoms with E-state index in [2.05, 4.69) is 48.1 Å². The van der Waals surface area contributed by atoms with E-state index < -0.39 is 0 Å². The van der Waals surface area contributed by atoms with Crippen LogP contribution in [-0.4, -0.2) is 9.97 Å². The molecule has 0 saturated heterocycles. The fourth-order valence-corrected chi connectivity index (χ4v) is 1.79. The van der Waals surface area contributed by atoms with Crippen molar-refractivity contribution in [2.75, 3.05) is 0 Å². The van der Waals surface area contributed by atoms with Crippen molar-refractivity contribution in [3.63, 3.8) is 0 Å². The number of rotatable bonds is 3. The van der Waals surface area contributed by atoms with E-state index in [4.69, 9.17) is 11.6 Å². The lowest BCUT2D eigenvalue weighted by Gasteiger charge is -2.07. The number of hydrogen-bond acceptors (Lipinski definition) is 2. The molecule has 2 nitrogen and oxygen atoms in total. The third-order valence-electron chi connectivity index (χ3n) is 2.70. The molecule has 0 bridgehead atoms. The highest BCUT2D eigenvalue weighted by Crippen LogP contribution is 2.21. The van der Waals surface area contributed by atoms with Gasteiger partial charge in [0.1, 0.15) is 5.82 Å². The predicted octanol–water partition coefficient (Wildman–Crippen LogP) is 4.01. The van der Waals surface area contributed by atoms with Crippen molar-refractivity contribution >= 4 is 11.6 Å². The van der Waals surface area contributed by atoms with E-state index in [1.54, 1.807) is 6.20 Å². The second-order valence-electron chi connectivity index (χ2n) is 4.27. The molecule has 0 fully saturated rings. The van der Waals surface area contributed by atoms with E-state index in [1.807, 2.05) is 6.07 Å². The Balaban J connectivity index is 2.32. The van der Waals surface area contributed by atoms with Gasteiger partial charge in [-0.15, -0.1) is 11.6 Å². The molecule has 0 spiro atoms. The zero-order valence-electron chi connectivity index (χ0n) is 10.0. The maximum atomic E-state index is 5.73. The van der Waals surface area contributed by atoms with Crippen LogP contribution in [0.2, 0.25) is 0 Å². The van der Waals surface area contributed by atoms with Crippen LogP contribution >= 0.6 is 11.6 Å². The molecule has 0 aliphatic carbocycles. The monoisotopic (exact) mass is 246 g/mol. The second kappa shape index (κ2) is 5.28. The van der Waals surface area contributed by atoms with Gasteiger partial charge in [0.05, 0.1) is 11.6 Å². The summed E-state index contributed by atoms with van der Waals surface area (Å²) in [7, 11) is 0. The van der Waals surface area contributed by atoms with Crippen molar-refractivity contribution in [3.8, 4) is 11.3 Å². The number of aromatic nitrogens is 2. The second-order valence-corrected chi connectivity index (χ2v) is 4.54. The van der Waals surface area contributed by atoms with Gasteiger partial charge in [0.25, 0.3) is 0 Å². The standard InChI is InChI=1S/C14H15ClN2/c1-10(2)11-3-5-12(6-4-11)13-7-8-16-14(9-15)17-13/h3-8,10H,9H2,1-2H3. The summed E-state index contributed by atoms with van der Waals surface area (Å²) in [5.74, 6) is 1.56. The van der Waals surface area contributed by atoms with Gasteiger partial charge in [-0.25, -0.2) is 9.97 Å². The van der Waals surface area contributed by atoms with Crippen LogP contribution in [-0.2, 0) is 5.88 Å². The van der Waals surface area contributed by atoms with Gasteiger partial charge in [-0.1, -0.05) is 38.1 Å². The third kappa shape index (κ3) is 2.83. The van der Waals surface area contributed by atoms with Crippen molar-refractivity contribution in [3.05, 3.63) is 47.9 Å². The minimum absolute atomic E-state index is 0.345. The predicted molar refractivity (Wildman–Crippen MR) is 71.1 cm³/mol. The topological polar surface area (TPSA) is 25.8 Å². The minimum atomic E-state index is 0.345. The molecule has 17 heavy (non-hydrogen) atoms. The van der Waals surface area contributed by atoms with Crippen LogP contribution in [0.15, 0.2) is 36.5 Å². The van der Waals surface area contributed by atoms with E-state index in [0.717, 1.165) is 11.3 Å². The molecule has 2 rings (SSSR count). The van der Waals surface area contributed by atoms with E-state index >= 15 is 0 Å².